The maximum atomic E-state index is 5.89. The van der Waals surface area contributed by atoms with Gasteiger partial charge in [0.15, 0.2) is 10.8 Å². The molecule has 0 aliphatic carbocycles. The van der Waals surface area contributed by atoms with Gasteiger partial charge in [0.05, 0.1) is 12.8 Å². The van der Waals surface area contributed by atoms with E-state index >= 15 is 0 Å². The fourth-order valence-electron chi connectivity index (χ4n) is 2.40. The third-order valence-electron chi connectivity index (χ3n) is 3.47. The van der Waals surface area contributed by atoms with E-state index in [0.29, 0.717) is 6.54 Å². The molecule has 5 nitrogen and oxygen atoms in total. The predicted molar refractivity (Wildman–Crippen MR) is 86.1 cm³/mol. The van der Waals surface area contributed by atoms with Crippen LogP contribution in [0.1, 0.15) is 11.3 Å². The van der Waals surface area contributed by atoms with Crippen LogP contribution in [-0.2, 0) is 13.1 Å². The molecular weight excluding hydrogens is 284 g/mol. The predicted octanol–water partition coefficient (Wildman–Crippen LogP) is 2.50. The van der Waals surface area contributed by atoms with Gasteiger partial charge in [-0.2, -0.15) is 0 Å². The average molecular weight is 302 g/mol. The van der Waals surface area contributed by atoms with Gasteiger partial charge in [-0.15, -0.1) is 11.3 Å². The van der Waals surface area contributed by atoms with Crippen LogP contribution in [0.25, 0.3) is 4.96 Å². The molecule has 0 radical (unpaired) electrons. The molecule has 6 heteroatoms. The Labute approximate surface area is 127 Å². The van der Waals surface area contributed by atoms with Gasteiger partial charge in [-0.25, -0.2) is 4.98 Å². The Bertz CT molecular complexity index is 732. The third kappa shape index (κ3) is 2.59. The van der Waals surface area contributed by atoms with Crippen LogP contribution >= 0.6 is 11.3 Å². The zero-order chi connectivity index (χ0) is 14.8. The van der Waals surface area contributed by atoms with Gasteiger partial charge < -0.3 is 15.4 Å². The summed E-state index contributed by atoms with van der Waals surface area (Å²) < 4.78 is 7.24. The molecule has 2 aromatic heterocycles. The molecule has 0 fully saturated rings. The molecule has 0 bridgehead atoms. The quantitative estimate of drug-likeness (QED) is 0.787. The Morgan fingerprint density at radius 1 is 1.33 bits per heavy atom. The van der Waals surface area contributed by atoms with Crippen LogP contribution in [0.2, 0.25) is 0 Å². The van der Waals surface area contributed by atoms with E-state index in [2.05, 4.69) is 26.4 Å². The van der Waals surface area contributed by atoms with Crippen molar-refractivity contribution in [2.75, 3.05) is 19.1 Å². The number of nitrogens with zero attached hydrogens (tertiary/aromatic N) is 3. The first kappa shape index (κ1) is 13.9. The Kier molecular flexibility index (Phi) is 3.81. The highest BCUT2D eigenvalue weighted by Gasteiger charge is 2.15. The van der Waals surface area contributed by atoms with Gasteiger partial charge in [-0.3, -0.25) is 4.40 Å². The monoisotopic (exact) mass is 302 g/mol. The van der Waals surface area contributed by atoms with Crippen molar-refractivity contribution in [1.82, 2.24) is 9.38 Å². The minimum Gasteiger partial charge on any atom is -0.497 e. The molecule has 0 aliphatic rings. The highest BCUT2D eigenvalue weighted by molar-refractivity contribution is 7.15. The first-order chi connectivity index (χ1) is 10.2. The van der Waals surface area contributed by atoms with Crippen molar-refractivity contribution in [2.45, 2.75) is 13.1 Å². The summed E-state index contributed by atoms with van der Waals surface area (Å²) in [5.41, 5.74) is 8.14. The van der Waals surface area contributed by atoms with Crippen molar-refractivity contribution >= 4 is 22.1 Å². The number of rotatable bonds is 5. The van der Waals surface area contributed by atoms with E-state index in [1.54, 1.807) is 18.4 Å². The van der Waals surface area contributed by atoms with Crippen LogP contribution in [-0.4, -0.2) is 23.5 Å². The van der Waals surface area contributed by atoms with E-state index in [9.17, 15) is 0 Å². The van der Waals surface area contributed by atoms with Crippen molar-refractivity contribution < 1.29 is 4.74 Å². The van der Waals surface area contributed by atoms with E-state index in [-0.39, 0.29) is 0 Å². The zero-order valence-corrected chi connectivity index (χ0v) is 12.9. The fourth-order valence-corrected chi connectivity index (χ4v) is 3.12. The van der Waals surface area contributed by atoms with Gasteiger partial charge >= 0.3 is 0 Å². The summed E-state index contributed by atoms with van der Waals surface area (Å²) >= 11 is 1.62. The maximum Gasteiger partial charge on any atom is 0.195 e. The van der Waals surface area contributed by atoms with Crippen LogP contribution in [0, 0.1) is 0 Å². The standard InChI is InChI=1S/C15H18N4OS/c1-18(10-11-3-5-12(20-2)6-4-11)14-13(9-16)19-7-8-21-15(19)17-14/h3-8H,9-10,16H2,1-2H3. The molecular formula is C15H18N4OS. The minimum absolute atomic E-state index is 0.472. The molecule has 0 atom stereocenters. The lowest BCUT2D eigenvalue weighted by atomic mass is 10.2. The summed E-state index contributed by atoms with van der Waals surface area (Å²) in [6.07, 6.45) is 2.01. The lowest BCUT2D eigenvalue weighted by Crippen LogP contribution is -2.19. The van der Waals surface area contributed by atoms with Crippen LogP contribution in [0.3, 0.4) is 0 Å². The molecule has 0 amide bonds. The number of hydrogen-bond donors (Lipinski definition) is 1. The van der Waals surface area contributed by atoms with Crippen LogP contribution in [0.15, 0.2) is 35.8 Å². The number of aromatic nitrogens is 2. The first-order valence-corrected chi connectivity index (χ1v) is 7.59. The summed E-state index contributed by atoms with van der Waals surface area (Å²) in [5, 5.41) is 2.02. The van der Waals surface area contributed by atoms with Gasteiger partial charge in [0.1, 0.15) is 5.75 Å². The molecule has 21 heavy (non-hydrogen) atoms. The molecule has 0 spiro atoms. The molecule has 1 aromatic carbocycles. The van der Waals surface area contributed by atoms with Crippen LogP contribution in [0.5, 0.6) is 5.75 Å². The summed E-state index contributed by atoms with van der Waals surface area (Å²) in [4.78, 5) is 7.78. The number of nitrogens with two attached hydrogens (primary N) is 1. The second-order valence-electron chi connectivity index (χ2n) is 4.85. The summed E-state index contributed by atoms with van der Waals surface area (Å²) in [5.74, 6) is 1.81. The van der Waals surface area contributed by atoms with E-state index in [0.717, 1.165) is 28.8 Å². The lowest BCUT2D eigenvalue weighted by molar-refractivity contribution is 0.414. The van der Waals surface area contributed by atoms with Crippen LogP contribution < -0.4 is 15.4 Å². The summed E-state index contributed by atoms with van der Waals surface area (Å²) in [6.45, 7) is 1.25. The molecule has 0 unspecified atom stereocenters. The highest BCUT2D eigenvalue weighted by Crippen LogP contribution is 2.25. The number of methoxy groups -OCH3 is 1. The number of benzene rings is 1. The smallest absolute Gasteiger partial charge is 0.195 e. The molecule has 0 aliphatic heterocycles. The van der Waals surface area contributed by atoms with E-state index in [1.807, 2.05) is 30.8 Å². The molecule has 3 aromatic rings. The van der Waals surface area contributed by atoms with Gasteiger partial charge in [-0.05, 0) is 17.7 Å². The molecule has 2 heterocycles. The van der Waals surface area contributed by atoms with Gasteiger partial charge in [-0.1, -0.05) is 12.1 Å². The van der Waals surface area contributed by atoms with Gasteiger partial charge in [0.25, 0.3) is 0 Å². The number of thiazole rings is 1. The Hall–Kier alpha value is -2.05. The topological polar surface area (TPSA) is 55.8 Å². The van der Waals surface area contributed by atoms with Crippen molar-refractivity contribution in [3.63, 3.8) is 0 Å². The Morgan fingerprint density at radius 2 is 2.10 bits per heavy atom. The summed E-state index contributed by atoms with van der Waals surface area (Å²) in [7, 11) is 3.71. The zero-order valence-electron chi connectivity index (χ0n) is 12.1. The van der Waals surface area contributed by atoms with E-state index in [1.165, 1.54) is 5.56 Å². The normalized spacial score (nSPS) is 11.0. The minimum atomic E-state index is 0.472. The molecule has 0 saturated heterocycles. The third-order valence-corrected chi connectivity index (χ3v) is 4.23. The van der Waals surface area contributed by atoms with E-state index < -0.39 is 0 Å². The van der Waals surface area contributed by atoms with E-state index in [4.69, 9.17) is 10.5 Å². The number of hydrogen-bond acceptors (Lipinski definition) is 5. The largest absolute Gasteiger partial charge is 0.497 e. The molecule has 0 saturated carbocycles. The molecule has 2 N–H and O–H groups in total. The maximum absolute atomic E-state index is 5.89. The molecule has 110 valence electrons. The molecule has 3 rings (SSSR count). The second-order valence-corrected chi connectivity index (χ2v) is 5.72. The number of fused-ring (bicyclic) bond motifs is 1. The number of imidazole rings is 1. The van der Waals surface area contributed by atoms with Gasteiger partial charge in [0.2, 0.25) is 0 Å². The van der Waals surface area contributed by atoms with Crippen molar-refractivity contribution in [1.29, 1.82) is 0 Å². The fraction of sp³-hybridized carbons (Fsp3) is 0.267. The average Bonchev–Trinajstić information content (AvgIpc) is 3.08. The lowest BCUT2D eigenvalue weighted by Gasteiger charge is -2.18. The Morgan fingerprint density at radius 3 is 2.76 bits per heavy atom. The SMILES string of the molecule is COc1ccc(CN(C)c2nc3sccn3c2CN)cc1. The Balaban J connectivity index is 1.85. The van der Waals surface area contributed by atoms with Gasteiger partial charge in [0, 0.05) is 31.7 Å². The van der Waals surface area contributed by atoms with Crippen molar-refractivity contribution in [2.24, 2.45) is 5.73 Å². The number of anilines is 1. The highest BCUT2D eigenvalue weighted by atomic mass is 32.1. The number of ether oxygens (including phenoxy) is 1. The van der Waals surface area contributed by atoms with Crippen molar-refractivity contribution in [3.05, 3.63) is 47.1 Å². The summed E-state index contributed by atoms with van der Waals surface area (Å²) in [6, 6.07) is 8.07. The first-order valence-electron chi connectivity index (χ1n) is 6.71. The van der Waals surface area contributed by atoms with Crippen molar-refractivity contribution in [3.8, 4) is 5.75 Å². The second kappa shape index (κ2) is 5.75. The van der Waals surface area contributed by atoms with Crippen LogP contribution in [0.4, 0.5) is 5.82 Å².